The molecule has 0 saturated carbocycles. The van der Waals surface area contributed by atoms with E-state index in [-0.39, 0.29) is 34.5 Å². The summed E-state index contributed by atoms with van der Waals surface area (Å²) in [7, 11) is 0. The predicted octanol–water partition coefficient (Wildman–Crippen LogP) is 1.13. The lowest BCUT2D eigenvalue weighted by atomic mass is 10.2. The molecule has 1 fully saturated rings. The second-order valence-electron chi connectivity index (χ2n) is 6.45. The first kappa shape index (κ1) is 18.6. The molecule has 4 heterocycles. The van der Waals surface area contributed by atoms with E-state index in [0.29, 0.717) is 24.1 Å². The van der Waals surface area contributed by atoms with E-state index in [1.54, 1.807) is 6.07 Å². The second-order valence-corrected chi connectivity index (χ2v) is 7.39. The lowest BCUT2D eigenvalue weighted by molar-refractivity contribution is -0.113. The molecule has 0 aliphatic carbocycles. The normalized spacial score (nSPS) is 16.5. The van der Waals surface area contributed by atoms with Crippen molar-refractivity contribution in [1.29, 1.82) is 0 Å². The van der Waals surface area contributed by atoms with Gasteiger partial charge in [0.15, 0.2) is 22.1 Å². The fourth-order valence-corrected chi connectivity index (χ4v) is 3.78. The smallest absolute Gasteiger partial charge is 0.282 e. The van der Waals surface area contributed by atoms with Gasteiger partial charge in [-0.25, -0.2) is 15.0 Å². The van der Waals surface area contributed by atoms with E-state index < -0.39 is 0 Å². The minimum atomic E-state index is -0.278. The molecule has 0 aromatic carbocycles. The number of nitrogens with zero attached hydrogens (tertiary/aromatic N) is 5. The van der Waals surface area contributed by atoms with Crippen LogP contribution >= 0.6 is 11.8 Å². The number of rotatable bonds is 6. The molecule has 1 aliphatic rings. The van der Waals surface area contributed by atoms with E-state index in [4.69, 9.17) is 4.74 Å². The number of ether oxygens (including phenoxy) is 1. The zero-order valence-corrected chi connectivity index (χ0v) is 16.0. The summed E-state index contributed by atoms with van der Waals surface area (Å²) in [6.45, 7) is 2.91. The average molecular weight is 401 g/mol. The van der Waals surface area contributed by atoms with Crippen molar-refractivity contribution in [2.24, 2.45) is 0 Å². The predicted molar refractivity (Wildman–Crippen MR) is 103 cm³/mol. The van der Waals surface area contributed by atoms with Crippen molar-refractivity contribution in [1.82, 2.24) is 29.7 Å². The quantitative estimate of drug-likeness (QED) is 0.465. The zero-order chi connectivity index (χ0) is 19.5. The van der Waals surface area contributed by atoms with Crippen LogP contribution in [0.15, 0.2) is 28.4 Å². The van der Waals surface area contributed by atoms with Gasteiger partial charge in [-0.2, -0.15) is 5.10 Å². The molecule has 0 spiro atoms. The van der Waals surface area contributed by atoms with Crippen molar-refractivity contribution in [3.63, 3.8) is 0 Å². The van der Waals surface area contributed by atoms with Gasteiger partial charge in [0.2, 0.25) is 5.91 Å². The summed E-state index contributed by atoms with van der Waals surface area (Å²) < 4.78 is 7.19. The largest absolute Gasteiger partial charge is 0.376 e. The Kier molecular flexibility index (Phi) is 5.35. The van der Waals surface area contributed by atoms with Crippen molar-refractivity contribution >= 4 is 34.7 Å². The third kappa shape index (κ3) is 4.04. The van der Waals surface area contributed by atoms with Crippen molar-refractivity contribution in [3.05, 3.63) is 34.5 Å². The van der Waals surface area contributed by atoms with Crippen molar-refractivity contribution in [2.75, 3.05) is 17.7 Å². The van der Waals surface area contributed by atoms with Crippen LogP contribution in [-0.2, 0) is 16.1 Å². The first-order valence-corrected chi connectivity index (χ1v) is 9.86. The van der Waals surface area contributed by atoms with E-state index in [1.165, 1.54) is 28.7 Å². The first-order chi connectivity index (χ1) is 13.6. The highest BCUT2D eigenvalue weighted by Gasteiger charge is 2.21. The number of nitrogens with one attached hydrogen (secondary N) is 2. The van der Waals surface area contributed by atoms with Crippen LogP contribution in [-0.4, -0.2) is 54.1 Å². The number of amides is 1. The Morgan fingerprint density at radius 2 is 2.29 bits per heavy atom. The number of hydrogen-bond donors (Lipinski definition) is 2. The monoisotopic (exact) mass is 401 g/mol. The van der Waals surface area contributed by atoms with Crippen LogP contribution in [0.25, 0.3) is 11.2 Å². The Labute approximate surface area is 164 Å². The Balaban J connectivity index is 1.57. The Morgan fingerprint density at radius 1 is 1.43 bits per heavy atom. The number of hydrogen-bond acceptors (Lipinski definition) is 8. The average Bonchev–Trinajstić information content (AvgIpc) is 3.34. The van der Waals surface area contributed by atoms with Crippen molar-refractivity contribution in [2.45, 2.75) is 37.6 Å². The number of H-pyrrole nitrogens is 1. The molecule has 11 heteroatoms. The highest BCUT2D eigenvalue weighted by molar-refractivity contribution is 7.99. The minimum absolute atomic E-state index is 0.0474. The summed E-state index contributed by atoms with van der Waals surface area (Å²) in [5, 5.41) is 9.87. The van der Waals surface area contributed by atoms with Gasteiger partial charge in [0, 0.05) is 30.8 Å². The molecule has 1 saturated heterocycles. The first-order valence-electron chi connectivity index (χ1n) is 8.88. The maximum Gasteiger partial charge on any atom is 0.282 e. The number of fused-ring (bicyclic) bond motifs is 1. The number of carbonyl (C=O) groups is 1. The summed E-state index contributed by atoms with van der Waals surface area (Å²) in [5.41, 5.74) is 1.05. The summed E-state index contributed by atoms with van der Waals surface area (Å²) in [6.07, 6.45) is 4.75. The number of aromatic nitrogens is 6. The molecule has 1 aliphatic heterocycles. The third-order valence-electron chi connectivity index (χ3n) is 4.28. The molecule has 28 heavy (non-hydrogen) atoms. The highest BCUT2D eigenvalue weighted by Crippen LogP contribution is 2.20. The molecule has 3 aromatic heterocycles. The zero-order valence-electron chi connectivity index (χ0n) is 15.2. The van der Waals surface area contributed by atoms with Gasteiger partial charge < -0.3 is 10.1 Å². The molecule has 4 rings (SSSR count). The van der Waals surface area contributed by atoms with Gasteiger partial charge in [-0.1, -0.05) is 11.8 Å². The van der Waals surface area contributed by atoms with E-state index >= 15 is 0 Å². The van der Waals surface area contributed by atoms with Crippen LogP contribution in [0.3, 0.4) is 0 Å². The van der Waals surface area contributed by atoms with Crippen LogP contribution in [0.2, 0.25) is 0 Å². The SMILES string of the molecule is Cc1cc(NC(=O)CSc2nc3nccnc3c(=O)n2CC2CCCO2)n[nH]1. The van der Waals surface area contributed by atoms with Crippen molar-refractivity contribution < 1.29 is 9.53 Å². The fourth-order valence-electron chi connectivity index (χ4n) is 2.98. The van der Waals surface area contributed by atoms with Crippen LogP contribution in [0.5, 0.6) is 0 Å². The van der Waals surface area contributed by atoms with Gasteiger partial charge in [-0.15, -0.1) is 0 Å². The van der Waals surface area contributed by atoms with Gasteiger partial charge >= 0.3 is 0 Å². The van der Waals surface area contributed by atoms with E-state index in [9.17, 15) is 9.59 Å². The number of thioether (sulfide) groups is 1. The maximum absolute atomic E-state index is 12.9. The van der Waals surface area contributed by atoms with E-state index in [0.717, 1.165) is 18.5 Å². The fraction of sp³-hybridized carbons (Fsp3) is 0.412. The molecular formula is C17H19N7O3S. The lowest BCUT2D eigenvalue weighted by Crippen LogP contribution is -2.30. The molecule has 146 valence electrons. The number of aryl methyl sites for hydroxylation is 1. The van der Waals surface area contributed by atoms with Crippen LogP contribution in [0, 0.1) is 6.92 Å². The number of aromatic amines is 1. The molecular weight excluding hydrogens is 382 g/mol. The molecule has 1 atom stereocenters. The van der Waals surface area contributed by atoms with Gasteiger partial charge in [0.1, 0.15) is 0 Å². The molecule has 2 N–H and O–H groups in total. The minimum Gasteiger partial charge on any atom is -0.376 e. The summed E-state index contributed by atoms with van der Waals surface area (Å²) >= 11 is 1.17. The summed E-state index contributed by atoms with van der Waals surface area (Å²) in [4.78, 5) is 37.9. The van der Waals surface area contributed by atoms with Crippen LogP contribution in [0.4, 0.5) is 5.82 Å². The highest BCUT2D eigenvalue weighted by atomic mass is 32.2. The Morgan fingerprint density at radius 3 is 3.04 bits per heavy atom. The van der Waals surface area contributed by atoms with E-state index in [2.05, 4.69) is 30.5 Å². The number of anilines is 1. The molecule has 0 bridgehead atoms. The van der Waals surface area contributed by atoms with Crippen LogP contribution < -0.4 is 10.9 Å². The third-order valence-corrected chi connectivity index (χ3v) is 5.25. The van der Waals surface area contributed by atoms with Gasteiger partial charge in [0.05, 0.1) is 18.4 Å². The lowest BCUT2D eigenvalue weighted by Gasteiger charge is -2.15. The standard InChI is InChI=1S/C17H19N7O3S/c1-10-7-12(23-22-10)20-13(25)9-28-17-21-15-14(18-4-5-19-15)16(26)24(17)8-11-3-2-6-27-11/h4-5,7,11H,2-3,6,8-9H2,1H3,(H2,20,22,23,25). The second kappa shape index (κ2) is 8.07. The molecule has 1 unspecified atom stereocenters. The molecule has 0 radical (unpaired) electrons. The molecule has 3 aromatic rings. The van der Waals surface area contributed by atoms with E-state index in [1.807, 2.05) is 6.92 Å². The van der Waals surface area contributed by atoms with Crippen LogP contribution in [0.1, 0.15) is 18.5 Å². The van der Waals surface area contributed by atoms with Gasteiger partial charge in [-0.3, -0.25) is 19.3 Å². The van der Waals surface area contributed by atoms with Gasteiger partial charge in [0.25, 0.3) is 5.56 Å². The van der Waals surface area contributed by atoms with Crippen molar-refractivity contribution in [3.8, 4) is 0 Å². The molecule has 1 amide bonds. The molecule has 10 nitrogen and oxygen atoms in total. The Bertz CT molecular complexity index is 1060. The summed E-state index contributed by atoms with van der Waals surface area (Å²) in [6, 6.07) is 1.74. The number of carbonyl (C=O) groups excluding carboxylic acids is 1. The van der Waals surface area contributed by atoms with Gasteiger partial charge in [-0.05, 0) is 19.8 Å². The Hall–Kier alpha value is -2.79. The maximum atomic E-state index is 12.9. The summed E-state index contributed by atoms with van der Waals surface area (Å²) in [5.74, 6) is 0.293. The topological polar surface area (TPSA) is 128 Å².